The smallest absolute Gasteiger partial charge is 0.343 e. The van der Waals surface area contributed by atoms with E-state index in [-0.39, 0.29) is 38.6 Å². The lowest BCUT2D eigenvalue weighted by molar-refractivity contribution is 0.0527. The van der Waals surface area contributed by atoms with E-state index >= 15 is 0 Å². The molecule has 0 fully saturated rings. The number of nitrogens with one attached hydrogen (secondary N) is 1. The van der Waals surface area contributed by atoms with Crippen molar-refractivity contribution >= 4 is 52.5 Å². The van der Waals surface area contributed by atoms with Crippen LogP contribution < -0.4 is 5.32 Å². The maximum absolute atomic E-state index is 12.5. The molecular weight excluding hydrogens is 365 g/mol. The number of hydrogen-bond acceptors (Lipinski definition) is 4. The molecular formula is C14H12Cl3N3O3. The monoisotopic (exact) mass is 375 g/mol. The van der Waals surface area contributed by atoms with E-state index in [4.69, 9.17) is 39.5 Å². The summed E-state index contributed by atoms with van der Waals surface area (Å²) in [7, 11) is 1.57. The molecule has 0 unspecified atom stereocenters. The van der Waals surface area contributed by atoms with Crippen LogP contribution in [0.4, 0.5) is 5.82 Å². The first-order valence-electron chi connectivity index (χ1n) is 6.50. The number of benzene rings is 1. The lowest BCUT2D eigenvalue weighted by Crippen LogP contribution is -2.18. The van der Waals surface area contributed by atoms with Crippen molar-refractivity contribution in [1.82, 2.24) is 9.78 Å². The van der Waals surface area contributed by atoms with Gasteiger partial charge in [0, 0.05) is 7.05 Å². The summed E-state index contributed by atoms with van der Waals surface area (Å²) in [5.74, 6) is -1.05. The lowest BCUT2D eigenvalue weighted by atomic mass is 10.2. The fraction of sp³-hybridized carbons (Fsp3) is 0.214. The predicted octanol–water partition coefficient (Wildman–Crippen LogP) is 3.81. The second-order valence-electron chi connectivity index (χ2n) is 4.42. The van der Waals surface area contributed by atoms with Crippen LogP contribution in [-0.2, 0) is 11.8 Å². The number of aromatic nitrogens is 2. The van der Waals surface area contributed by atoms with Crippen molar-refractivity contribution < 1.29 is 14.3 Å². The zero-order valence-electron chi connectivity index (χ0n) is 12.2. The minimum Gasteiger partial charge on any atom is -0.462 e. The minimum atomic E-state index is -0.614. The van der Waals surface area contributed by atoms with E-state index in [0.717, 1.165) is 0 Å². The molecule has 0 saturated carbocycles. The van der Waals surface area contributed by atoms with E-state index in [1.54, 1.807) is 14.0 Å². The Hall–Kier alpha value is -1.76. The maximum Gasteiger partial charge on any atom is 0.343 e. The fourth-order valence-electron chi connectivity index (χ4n) is 1.85. The summed E-state index contributed by atoms with van der Waals surface area (Å²) < 4.78 is 6.25. The van der Waals surface area contributed by atoms with Crippen LogP contribution >= 0.6 is 34.8 Å². The molecule has 0 aliphatic rings. The molecule has 1 aromatic heterocycles. The van der Waals surface area contributed by atoms with E-state index in [1.807, 2.05) is 0 Å². The van der Waals surface area contributed by atoms with Crippen molar-refractivity contribution in [1.29, 1.82) is 0 Å². The molecule has 0 radical (unpaired) electrons. The van der Waals surface area contributed by atoms with Crippen molar-refractivity contribution in [2.24, 2.45) is 7.05 Å². The first-order valence-corrected chi connectivity index (χ1v) is 7.64. The summed E-state index contributed by atoms with van der Waals surface area (Å²) in [6, 6.07) is 2.94. The third kappa shape index (κ3) is 3.60. The predicted molar refractivity (Wildman–Crippen MR) is 88.6 cm³/mol. The Morgan fingerprint density at radius 3 is 2.57 bits per heavy atom. The number of rotatable bonds is 4. The highest BCUT2D eigenvalue weighted by Gasteiger charge is 2.23. The van der Waals surface area contributed by atoms with E-state index in [2.05, 4.69) is 10.4 Å². The highest BCUT2D eigenvalue weighted by atomic mass is 35.5. The molecule has 2 rings (SSSR count). The van der Waals surface area contributed by atoms with Gasteiger partial charge in [0.2, 0.25) is 0 Å². The van der Waals surface area contributed by atoms with Crippen LogP contribution in [0.15, 0.2) is 18.3 Å². The van der Waals surface area contributed by atoms with Gasteiger partial charge in [0.15, 0.2) is 0 Å². The second-order valence-corrected chi connectivity index (χ2v) is 5.62. The number of halogens is 3. The number of ether oxygens (including phenoxy) is 1. The zero-order chi connectivity index (χ0) is 17.1. The first-order chi connectivity index (χ1) is 10.9. The summed E-state index contributed by atoms with van der Waals surface area (Å²) in [6.45, 7) is 1.88. The molecule has 0 aliphatic carbocycles. The molecule has 0 spiro atoms. The van der Waals surface area contributed by atoms with Gasteiger partial charge in [-0.1, -0.05) is 34.8 Å². The Bertz CT molecular complexity index is 774. The Labute approximate surface area is 147 Å². The molecule has 1 amide bonds. The van der Waals surface area contributed by atoms with Crippen LogP contribution in [0.3, 0.4) is 0 Å². The summed E-state index contributed by atoms with van der Waals surface area (Å²) in [5, 5.41) is 6.85. The average Bonchev–Trinajstić information content (AvgIpc) is 2.85. The first kappa shape index (κ1) is 17.6. The van der Waals surface area contributed by atoms with Gasteiger partial charge in [-0.25, -0.2) is 4.79 Å². The molecule has 1 aromatic carbocycles. The van der Waals surface area contributed by atoms with Crippen molar-refractivity contribution in [2.45, 2.75) is 6.92 Å². The van der Waals surface area contributed by atoms with Crippen LogP contribution in [0.1, 0.15) is 27.6 Å². The van der Waals surface area contributed by atoms with Crippen molar-refractivity contribution in [2.75, 3.05) is 11.9 Å². The largest absolute Gasteiger partial charge is 0.462 e. The summed E-state index contributed by atoms with van der Waals surface area (Å²) in [6.07, 6.45) is 1.30. The second kappa shape index (κ2) is 7.21. The standard InChI is InChI=1S/C14H12Cl3N3O3/c1-3-23-14(22)7-6-18-20(2)12(7)19-13(21)10-8(15)4-5-9(16)11(10)17/h4-6H,3H2,1-2H3,(H,19,21). The van der Waals surface area contributed by atoms with E-state index < -0.39 is 11.9 Å². The van der Waals surface area contributed by atoms with Crippen molar-refractivity contribution in [3.05, 3.63) is 44.5 Å². The van der Waals surface area contributed by atoms with Gasteiger partial charge in [-0.05, 0) is 19.1 Å². The molecule has 122 valence electrons. The third-order valence-electron chi connectivity index (χ3n) is 2.94. The molecule has 0 saturated heterocycles. The van der Waals surface area contributed by atoms with Crippen molar-refractivity contribution in [3.8, 4) is 0 Å². The normalized spacial score (nSPS) is 10.5. The highest BCUT2D eigenvalue weighted by molar-refractivity contribution is 6.46. The molecule has 0 bridgehead atoms. The van der Waals surface area contributed by atoms with Gasteiger partial charge in [-0.3, -0.25) is 9.48 Å². The molecule has 9 heteroatoms. The maximum atomic E-state index is 12.5. The Kier molecular flexibility index (Phi) is 5.51. The molecule has 23 heavy (non-hydrogen) atoms. The van der Waals surface area contributed by atoms with Gasteiger partial charge in [0.25, 0.3) is 5.91 Å². The van der Waals surface area contributed by atoms with E-state index in [0.29, 0.717) is 0 Å². The minimum absolute atomic E-state index is 0.0110. The van der Waals surface area contributed by atoms with Gasteiger partial charge in [-0.2, -0.15) is 5.10 Å². The molecule has 1 N–H and O–H groups in total. The number of carbonyl (C=O) groups excluding carboxylic acids is 2. The van der Waals surface area contributed by atoms with E-state index in [9.17, 15) is 9.59 Å². The van der Waals surface area contributed by atoms with Crippen LogP contribution in [0.25, 0.3) is 0 Å². The van der Waals surface area contributed by atoms with Gasteiger partial charge < -0.3 is 10.1 Å². The quantitative estimate of drug-likeness (QED) is 0.650. The number of esters is 1. The Balaban J connectivity index is 2.37. The van der Waals surface area contributed by atoms with Gasteiger partial charge in [-0.15, -0.1) is 0 Å². The lowest BCUT2D eigenvalue weighted by Gasteiger charge is -2.11. The molecule has 2 aromatic rings. The number of nitrogens with zero attached hydrogens (tertiary/aromatic N) is 2. The summed E-state index contributed by atoms with van der Waals surface area (Å²) in [4.78, 5) is 24.3. The van der Waals surface area contributed by atoms with Crippen molar-refractivity contribution in [3.63, 3.8) is 0 Å². The molecule has 1 heterocycles. The number of anilines is 1. The van der Waals surface area contributed by atoms with Crippen LogP contribution in [0.5, 0.6) is 0 Å². The van der Waals surface area contributed by atoms with Gasteiger partial charge in [0.05, 0.1) is 33.4 Å². The highest BCUT2D eigenvalue weighted by Crippen LogP contribution is 2.32. The summed E-state index contributed by atoms with van der Waals surface area (Å²) in [5.41, 5.74) is 0.133. The van der Waals surface area contributed by atoms with Crippen LogP contribution in [-0.4, -0.2) is 28.3 Å². The number of aryl methyl sites for hydroxylation is 1. The number of carbonyl (C=O) groups is 2. The SMILES string of the molecule is CCOC(=O)c1cnn(C)c1NC(=O)c1c(Cl)ccc(Cl)c1Cl. The van der Waals surface area contributed by atoms with Gasteiger partial charge in [0.1, 0.15) is 11.4 Å². The molecule has 6 nitrogen and oxygen atoms in total. The third-order valence-corrected chi connectivity index (χ3v) is 4.06. The van der Waals surface area contributed by atoms with Crippen LogP contribution in [0.2, 0.25) is 15.1 Å². The average molecular weight is 377 g/mol. The Morgan fingerprint density at radius 2 is 1.91 bits per heavy atom. The molecule has 0 aliphatic heterocycles. The van der Waals surface area contributed by atoms with Crippen LogP contribution in [0, 0.1) is 0 Å². The topological polar surface area (TPSA) is 73.2 Å². The van der Waals surface area contributed by atoms with Gasteiger partial charge >= 0.3 is 5.97 Å². The summed E-state index contributed by atoms with van der Waals surface area (Å²) >= 11 is 17.9. The zero-order valence-corrected chi connectivity index (χ0v) is 14.5. The molecule has 0 atom stereocenters. The van der Waals surface area contributed by atoms with E-state index in [1.165, 1.54) is 23.0 Å². The fourth-order valence-corrected chi connectivity index (χ4v) is 2.55. The number of hydrogen-bond donors (Lipinski definition) is 1. The number of amides is 1. The Morgan fingerprint density at radius 1 is 1.26 bits per heavy atom.